The summed E-state index contributed by atoms with van der Waals surface area (Å²) in [5.74, 6) is -1.25. The van der Waals surface area contributed by atoms with Crippen LogP contribution in [0.4, 0.5) is 13.2 Å². The lowest BCUT2D eigenvalue weighted by Crippen LogP contribution is -2.37. The van der Waals surface area contributed by atoms with Crippen molar-refractivity contribution in [3.05, 3.63) is 65.9 Å². The molecule has 3 aromatic rings. The van der Waals surface area contributed by atoms with Crippen molar-refractivity contribution in [2.45, 2.75) is 50.2 Å². The fourth-order valence-electron chi connectivity index (χ4n) is 3.89. The normalized spacial score (nSPS) is 12.4. The first-order chi connectivity index (χ1) is 19.2. The predicted molar refractivity (Wildman–Crippen MR) is 146 cm³/mol. The molecule has 0 aliphatic heterocycles. The molecule has 0 bridgehead atoms. The number of carbonyl (C=O) groups excluding carboxylic acids is 2. The second-order valence-electron chi connectivity index (χ2n) is 9.27. The predicted octanol–water partition coefficient (Wildman–Crippen LogP) is 2.62. The fourth-order valence-corrected chi connectivity index (χ4v) is 4.91. The van der Waals surface area contributed by atoms with Gasteiger partial charge in [0.15, 0.2) is 11.7 Å². The van der Waals surface area contributed by atoms with Crippen LogP contribution in [0.1, 0.15) is 37.4 Å². The molecule has 0 spiro atoms. The number of hydrogen-bond donors (Lipinski definition) is 4. The smallest absolute Gasteiger partial charge is 0.370 e. The molecule has 0 saturated heterocycles. The number of guanidine groups is 1. The van der Waals surface area contributed by atoms with E-state index in [2.05, 4.69) is 15.4 Å². The van der Waals surface area contributed by atoms with Crippen molar-refractivity contribution < 1.29 is 31.2 Å². The van der Waals surface area contributed by atoms with Crippen LogP contribution in [0.25, 0.3) is 16.9 Å². The van der Waals surface area contributed by atoms with E-state index in [0.29, 0.717) is 12.0 Å². The van der Waals surface area contributed by atoms with E-state index in [4.69, 9.17) is 11.5 Å². The van der Waals surface area contributed by atoms with Crippen molar-refractivity contribution in [3.8, 4) is 16.9 Å². The minimum atomic E-state index is -4.69. The molecular formula is C26H30F3N7O4S. The van der Waals surface area contributed by atoms with Gasteiger partial charge in [-0.05, 0) is 50.1 Å². The highest BCUT2D eigenvalue weighted by Crippen LogP contribution is 2.33. The average Bonchev–Trinajstić information content (AvgIpc) is 3.33. The summed E-state index contributed by atoms with van der Waals surface area (Å²) in [7, 11) is -4.27. The third-order valence-corrected chi connectivity index (χ3v) is 7.23. The van der Waals surface area contributed by atoms with Crippen molar-refractivity contribution in [3.63, 3.8) is 0 Å². The van der Waals surface area contributed by atoms with Crippen LogP contribution in [0.5, 0.6) is 0 Å². The minimum Gasteiger partial charge on any atom is -0.370 e. The van der Waals surface area contributed by atoms with Crippen molar-refractivity contribution in [2.24, 2.45) is 16.5 Å². The van der Waals surface area contributed by atoms with Gasteiger partial charge in [-0.15, -0.1) is 0 Å². The summed E-state index contributed by atoms with van der Waals surface area (Å²) in [5.41, 5.74) is 11.3. The van der Waals surface area contributed by atoms with Crippen LogP contribution in [0.15, 0.2) is 64.5 Å². The Hall–Kier alpha value is -4.40. The van der Waals surface area contributed by atoms with Crippen molar-refractivity contribution in [2.75, 3.05) is 6.54 Å². The molecule has 0 radical (unpaired) electrons. The number of aliphatic imine (C=N–C) groups is 1. The van der Waals surface area contributed by atoms with Crippen LogP contribution >= 0.6 is 0 Å². The molecule has 11 nitrogen and oxygen atoms in total. The number of rotatable bonds is 11. The third-order valence-electron chi connectivity index (χ3n) is 5.84. The Morgan fingerprint density at radius 1 is 1.07 bits per heavy atom. The van der Waals surface area contributed by atoms with Crippen LogP contribution in [0.2, 0.25) is 0 Å². The number of aryl methyl sites for hydroxylation is 1. The Kier molecular flexibility index (Phi) is 9.75. The number of amides is 2. The van der Waals surface area contributed by atoms with Gasteiger partial charge in [-0.3, -0.25) is 14.6 Å². The highest BCUT2D eigenvalue weighted by molar-refractivity contribution is 7.90. The number of carbonyl (C=O) groups is 2. The van der Waals surface area contributed by atoms with Gasteiger partial charge < -0.3 is 16.8 Å². The Morgan fingerprint density at radius 3 is 2.27 bits per heavy atom. The molecular weight excluding hydrogens is 563 g/mol. The molecule has 1 aromatic heterocycles. The molecule has 3 rings (SSSR count). The van der Waals surface area contributed by atoms with E-state index < -0.39 is 33.8 Å². The molecule has 15 heteroatoms. The molecule has 41 heavy (non-hydrogen) atoms. The first kappa shape index (κ1) is 31.1. The molecule has 0 saturated carbocycles. The number of hydrogen-bond acceptors (Lipinski definition) is 6. The molecule has 2 aromatic carbocycles. The quantitative estimate of drug-likeness (QED) is 0.195. The molecule has 0 aliphatic rings. The second kappa shape index (κ2) is 12.8. The highest BCUT2D eigenvalue weighted by atomic mass is 32.2. The maximum Gasteiger partial charge on any atom is 0.435 e. The molecule has 1 heterocycles. The number of alkyl halides is 3. The summed E-state index contributed by atoms with van der Waals surface area (Å²) >= 11 is 0. The van der Waals surface area contributed by atoms with Gasteiger partial charge >= 0.3 is 6.18 Å². The first-order valence-corrected chi connectivity index (χ1v) is 13.9. The molecule has 1 atom stereocenters. The van der Waals surface area contributed by atoms with Gasteiger partial charge in [-0.1, -0.05) is 29.8 Å². The van der Waals surface area contributed by atoms with Gasteiger partial charge in [0, 0.05) is 24.9 Å². The molecule has 1 unspecified atom stereocenters. The van der Waals surface area contributed by atoms with Crippen molar-refractivity contribution in [1.29, 1.82) is 0 Å². The first-order valence-electron chi connectivity index (χ1n) is 12.4. The molecule has 2 amide bonds. The summed E-state index contributed by atoms with van der Waals surface area (Å²) in [5, 5.41) is 6.36. The van der Waals surface area contributed by atoms with E-state index >= 15 is 0 Å². The number of sulfonamides is 1. The zero-order valence-corrected chi connectivity index (χ0v) is 23.1. The molecule has 0 aliphatic carbocycles. The van der Waals surface area contributed by atoms with Gasteiger partial charge in [-0.25, -0.2) is 17.8 Å². The summed E-state index contributed by atoms with van der Waals surface area (Å²) in [6.07, 6.45) is -4.31. The Labute approximate surface area is 234 Å². The van der Waals surface area contributed by atoms with Gasteiger partial charge in [0.2, 0.25) is 11.8 Å². The monoisotopic (exact) mass is 593 g/mol. The summed E-state index contributed by atoms with van der Waals surface area (Å²) in [6.45, 7) is 3.26. The van der Waals surface area contributed by atoms with Crippen LogP contribution in [-0.2, 0) is 25.8 Å². The SMILES string of the molecule is CC(=O)NC(CCCC(=O)NS(=O)(=O)c1ccc(-n2nc(C(F)(F)F)cc2-c2ccc(C)cc2)cc1)CN=C(N)N. The number of nitrogens with two attached hydrogens (primary N) is 2. The Balaban J connectivity index is 1.73. The highest BCUT2D eigenvalue weighted by Gasteiger charge is 2.35. The van der Waals surface area contributed by atoms with Crippen LogP contribution in [0, 0.1) is 6.92 Å². The van der Waals surface area contributed by atoms with Crippen LogP contribution < -0.4 is 21.5 Å². The zero-order chi connectivity index (χ0) is 30.4. The number of halogens is 3. The van der Waals surface area contributed by atoms with Gasteiger partial charge in [0.25, 0.3) is 10.0 Å². The summed E-state index contributed by atoms with van der Waals surface area (Å²) < 4.78 is 68.9. The van der Waals surface area contributed by atoms with E-state index in [-0.39, 0.29) is 47.5 Å². The minimum absolute atomic E-state index is 0.0977. The maximum atomic E-state index is 13.4. The number of nitrogens with zero attached hydrogens (tertiary/aromatic N) is 3. The third kappa shape index (κ3) is 8.79. The molecule has 0 fully saturated rings. The Bertz CT molecular complexity index is 1510. The number of benzene rings is 2. The van der Waals surface area contributed by atoms with E-state index in [1.807, 2.05) is 11.6 Å². The van der Waals surface area contributed by atoms with Crippen LogP contribution in [-0.4, -0.2) is 48.6 Å². The summed E-state index contributed by atoms with van der Waals surface area (Å²) in [4.78, 5) is 27.3. The molecule has 6 N–H and O–H groups in total. The van der Waals surface area contributed by atoms with E-state index in [0.717, 1.165) is 16.3 Å². The van der Waals surface area contributed by atoms with E-state index in [9.17, 15) is 31.2 Å². The topological polar surface area (TPSA) is 175 Å². The zero-order valence-electron chi connectivity index (χ0n) is 22.3. The Morgan fingerprint density at radius 2 is 1.71 bits per heavy atom. The van der Waals surface area contributed by atoms with Crippen molar-refractivity contribution in [1.82, 2.24) is 19.8 Å². The van der Waals surface area contributed by atoms with Crippen LogP contribution in [0.3, 0.4) is 0 Å². The van der Waals surface area contributed by atoms with Gasteiger partial charge in [0.1, 0.15) is 0 Å². The lowest BCUT2D eigenvalue weighted by Gasteiger charge is -2.15. The van der Waals surface area contributed by atoms with Gasteiger partial charge in [0.05, 0.1) is 22.8 Å². The van der Waals surface area contributed by atoms with Crippen molar-refractivity contribution >= 4 is 27.8 Å². The summed E-state index contributed by atoms with van der Waals surface area (Å²) in [6, 6.07) is 12.2. The lowest BCUT2D eigenvalue weighted by molar-refractivity contribution is -0.141. The van der Waals surface area contributed by atoms with E-state index in [1.165, 1.54) is 31.2 Å². The fraction of sp³-hybridized carbons (Fsp3) is 0.308. The lowest BCUT2D eigenvalue weighted by atomic mass is 10.1. The second-order valence-corrected chi connectivity index (χ2v) is 11.0. The number of nitrogens with one attached hydrogen (secondary N) is 2. The van der Waals surface area contributed by atoms with Gasteiger partial charge in [-0.2, -0.15) is 18.3 Å². The number of aromatic nitrogens is 2. The molecule has 220 valence electrons. The largest absolute Gasteiger partial charge is 0.435 e. The van der Waals surface area contributed by atoms with E-state index in [1.54, 1.807) is 24.3 Å². The standard InChI is InChI=1S/C26H30F3N7O4S/c1-16-6-8-18(9-7-16)22-14-23(26(27,28)29)34-36(22)20-10-12-21(13-11-20)41(39,40)35-24(38)5-3-4-19(33-17(2)37)15-32-25(30)31/h6-14,19H,3-5,15H2,1-2H3,(H,33,37)(H,35,38)(H4,30,31,32). The average molecular weight is 594 g/mol. The maximum absolute atomic E-state index is 13.4.